The maximum absolute atomic E-state index is 13.3. The molecule has 2 heterocycles. The number of anilines is 1. The van der Waals surface area contributed by atoms with Crippen molar-refractivity contribution >= 4 is 39.9 Å². The Labute approximate surface area is 211 Å². The molecule has 1 aliphatic rings. The molecule has 0 aliphatic carbocycles. The fraction of sp³-hybridized carbons (Fsp3) is 0.231. The molecule has 186 valence electrons. The van der Waals surface area contributed by atoms with E-state index in [1.54, 1.807) is 55.5 Å². The van der Waals surface area contributed by atoms with Crippen molar-refractivity contribution in [3.63, 3.8) is 0 Å². The topological polar surface area (TPSA) is 115 Å². The van der Waals surface area contributed by atoms with Crippen molar-refractivity contribution in [3.05, 3.63) is 75.8 Å². The quantitative estimate of drug-likeness (QED) is 0.218. The van der Waals surface area contributed by atoms with Crippen LogP contribution in [0.4, 0.5) is 5.13 Å². The molecule has 1 aromatic heterocycles. The van der Waals surface area contributed by atoms with Gasteiger partial charge in [-0.25, -0.2) is 9.78 Å². The number of Topliss-reactive ketones (excluding diaryl/α,β-unsaturated/α-hetero) is 1. The van der Waals surface area contributed by atoms with Gasteiger partial charge in [0.05, 0.1) is 38.1 Å². The maximum Gasteiger partial charge on any atom is 0.350 e. The normalized spacial score (nSPS) is 16.8. The van der Waals surface area contributed by atoms with Gasteiger partial charge in [0, 0.05) is 5.56 Å². The number of ether oxygens (including phenoxy) is 3. The highest BCUT2D eigenvalue weighted by molar-refractivity contribution is 7.17. The molecule has 0 unspecified atom stereocenters. The summed E-state index contributed by atoms with van der Waals surface area (Å²) in [6.07, 6.45) is 0. The lowest BCUT2D eigenvalue weighted by molar-refractivity contribution is -0.132. The largest absolute Gasteiger partial charge is 0.507 e. The molecule has 3 aromatic rings. The van der Waals surface area contributed by atoms with Crippen LogP contribution < -0.4 is 14.4 Å². The Morgan fingerprint density at radius 3 is 2.28 bits per heavy atom. The average Bonchev–Trinajstić information content (AvgIpc) is 3.40. The monoisotopic (exact) mass is 508 g/mol. The first-order chi connectivity index (χ1) is 17.3. The smallest absolute Gasteiger partial charge is 0.350 e. The van der Waals surface area contributed by atoms with Gasteiger partial charge in [0.1, 0.15) is 22.1 Å². The van der Waals surface area contributed by atoms with E-state index in [0.29, 0.717) is 34.9 Å². The molecule has 4 rings (SSSR count). The second-order valence-corrected chi connectivity index (χ2v) is 8.78. The second kappa shape index (κ2) is 10.2. The number of nitrogens with zero attached hydrogens (tertiary/aromatic N) is 2. The van der Waals surface area contributed by atoms with Crippen molar-refractivity contribution in [3.8, 4) is 11.5 Å². The van der Waals surface area contributed by atoms with Crippen LogP contribution in [-0.2, 0) is 14.3 Å². The molecule has 0 bridgehead atoms. The van der Waals surface area contributed by atoms with Crippen LogP contribution in [0.3, 0.4) is 0 Å². The number of aromatic nitrogens is 1. The van der Waals surface area contributed by atoms with Gasteiger partial charge in [0.2, 0.25) is 0 Å². The van der Waals surface area contributed by atoms with Gasteiger partial charge in [-0.05, 0) is 55.8 Å². The molecule has 0 spiro atoms. The molecule has 0 radical (unpaired) electrons. The number of methoxy groups -OCH3 is 2. The number of thiazole rings is 1. The lowest BCUT2D eigenvalue weighted by atomic mass is 9.95. The standard InChI is InChI=1S/C26H24N2O7S/c1-5-35-18-12-6-15(7-13-18)20-19(21(29)16-8-10-17(33-3)11-9-16)22(30)24(31)28(20)26-27-14(2)23(36-26)25(32)34-4/h6-13,20,29H,5H2,1-4H3/b21-19+/t20-/m1/s1. The predicted molar refractivity (Wildman–Crippen MR) is 134 cm³/mol. The minimum Gasteiger partial charge on any atom is -0.507 e. The molecular formula is C26H24N2O7S. The fourth-order valence-electron chi connectivity index (χ4n) is 3.93. The molecule has 1 N–H and O–H groups in total. The van der Waals surface area contributed by atoms with Crippen molar-refractivity contribution < 1.29 is 33.7 Å². The minimum atomic E-state index is -0.987. The Hall–Kier alpha value is -4.18. The van der Waals surface area contributed by atoms with Crippen LogP contribution in [0.15, 0.2) is 54.1 Å². The van der Waals surface area contributed by atoms with Crippen LogP contribution >= 0.6 is 11.3 Å². The Morgan fingerprint density at radius 1 is 1.06 bits per heavy atom. The number of aliphatic hydroxyl groups is 1. The molecule has 9 nitrogen and oxygen atoms in total. The third-order valence-corrected chi connectivity index (χ3v) is 6.81. The van der Waals surface area contributed by atoms with Gasteiger partial charge in [-0.3, -0.25) is 14.5 Å². The molecule has 36 heavy (non-hydrogen) atoms. The molecule has 1 fully saturated rings. The van der Waals surface area contributed by atoms with Crippen LogP contribution in [0, 0.1) is 6.92 Å². The Morgan fingerprint density at radius 2 is 1.69 bits per heavy atom. The van der Waals surface area contributed by atoms with Gasteiger partial charge in [0.25, 0.3) is 5.78 Å². The van der Waals surface area contributed by atoms with Crippen molar-refractivity contribution in [2.75, 3.05) is 25.7 Å². The van der Waals surface area contributed by atoms with Gasteiger partial charge >= 0.3 is 11.9 Å². The zero-order valence-electron chi connectivity index (χ0n) is 20.1. The number of ketones is 1. The molecular weight excluding hydrogens is 484 g/mol. The zero-order valence-corrected chi connectivity index (χ0v) is 20.9. The number of hydrogen-bond donors (Lipinski definition) is 1. The highest BCUT2D eigenvalue weighted by atomic mass is 32.1. The Balaban J connectivity index is 1.89. The lowest BCUT2D eigenvalue weighted by Gasteiger charge is -2.23. The number of carbonyl (C=O) groups is 3. The number of rotatable bonds is 7. The molecule has 2 aromatic carbocycles. The molecule has 1 saturated heterocycles. The van der Waals surface area contributed by atoms with E-state index in [0.717, 1.165) is 11.3 Å². The summed E-state index contributed by atoms with van der Waals surface area (Å²) in [5.74, 6) is -1.47. The van der Waals surface area contributed by atoms with E-state index in [2.05, 4.69) is 4.98 Å². The lowest BCUT2D eigenvalue weighted by Crippen LogP contribution is -2.29. The van der Waals surface area contributed by atoms with Crippen LogP contribution in [0.5, 0.6) is 11.5 Å². The third-order valence-electron chi connectivity index (χ3n) is 5.68. The van der Waals surface area contributed by atoms with E-state index < -0.39 is 23.7 Å². The third kappa shape index (κ3) is 4.42. The number of esters is 1. The first-order valence-corrected chi connectivity index (χ1v) is 11.9. The van der Waals surface area contributed by atoms with E-state index >= 15 is 0 Å². The highest BCUT2D eigenvalue weighted by Crippen LogP contribution is 2.44. The number of aliphatic hydroxyl groups excluding tert-OH is 1. The average molecular weight is 509 g/mol. The number of carbonyl (C=O) groups excluding carboxylic acids is 3. The summed E-state index contributed by atoms with van der Waals surface area (Å²) in [6.45, 7) is 3.96. The van der Waals surface area contributed by atoms with Gasteiger partial charge in [-0.2, -0.15) is 0 Å². The molecule has 10 heteroatoms. The van der Waals surface area contributed by atoms with E-state index in [4.69, 9.17) is 14.2 Å². The molecule has 0 saturated carbocycles. The minimum absolute atomic E-state index is 0.0956. The van der Waals surface area contributed by atoms with Crippen molar-refractivity contribution in [2.45, 2.75) is 19.9 Å². The molecule has 1 amide bonds. The van der Waals surface area contributed by atoms with Crippen molar-refractivity contribution in [2.24, 2.45) is 0 Å². The zero-order chi connectivity index (χ0) is 26.0. The second-order valence-electron chi connectivity index (χ2n) is 7.80. The van der Waals surface area contributed by atoms with Crippen molar-refractivity contribution in [1.29, 1.82) is 0 Å². The van der Waals surface area contributed by atoms with Crippen LogP contribution in [0.25, 0.3) is 5.76 Å². The van der Waals surface area contributed by atoms with Crippen molar-refractivity contribution in [1.82, 2.24) is 4.98 Å². The predicted octanol–water partition coefficient (Wildman–Crippen LogP) is 4.27. The summed E-state index contributed by atoms with van der Waals surface area (Å²) in [6, 6.07) is 12.4. The van der Waals surface area contributed by atoms with Crippen LogP contribution in [-0.4, -0.2) is 48.6 Å². The Bertz CT molecular complexity index is 1340. The van der Waals surface area contributed by atoms with Gasteiger partial charge in [-0.15, -0.1) is 0 Å². The number of amides is 1. The van der Waals surface area contributed by atoms with Crippen LogP contribution in [0.2, 0.25) is 0 Å². The highest BCUT2D eigenvalue weighted by Gasteiger charge is 2.48. The molecule has 1 aliphatic heterocycles. The van der Waals surface area contributed by atoms with E-state index in [1.807, 2.05) is 6.92 Å². The SMILES string of the molecule is CCOc1ccc([C@@H]2/C(=C(\O)c3ccc(OC)cc3)C(=O)C(=O)N2c2nc(C)c(C(=O)OC)s2)cc1. The summed E-state index contributed by atoms with van der Waals surface area (Å²) in [4.78, 5) is 44.6. The number of benzene rings is 2. The molecule has 1 atom stereocenters. The van der Waals surface area contributed by atoms with E-state index in [1.165, 1.54) is 19.1 Å². The maximum atomic E-state index is 13.3. The summed E-state index contributed by atoms with van der Waals surface area (Å²) in [5, 5.41) is 11.4. The van der Waals surface area contributed by atoms with E-state index in [9.17, 15) is 19.5 Å². The summed E-state index contributed by atoms with van der Waals surface area (Å²) >= 11 is 0.941. The van der Waals surface area contributed by atoms with Crippen LogP contribution in [0.1, 0.15) is 39.5 Å². The van der Waals surface area contributed by atoms with Gasteiger partial charge in [-0.1, -0.05) is 23.5 Å². The van der Waals surface area contributed by atoms with Gasteiger partial charge in [0.15, 0.2) is 5.13 Å². The van der Waals surface area contributed by atoms with Gasteiger partial charge < -0.3 is 19.3 Å². The summed E-state index contributed by atoms with van der Waals surface area (Å²) in [5.41, 5.74) is 1.17. The first-order valence-electron chi connectivity index (χ1n) is 11.0. The van der Waals surface area contributed by atoms with E-state index in [-0.39, 0.29) is 21.3 Å². The summed E-state index contributed by atoms with van der Waals surface area (Å²) < 4.78 is 15.5. The first kappa shape index (κ1) is 24.9. The fourth-order valence-corrected chi connectivity index (χ4v) is 4.94. The summed E-state index contributed by atoms with van der Waals surface area (Å²) in [7, 11) is 2.77. The number of aryl methyl sites for hydroxylation is 1. The Kier molecular flexibility index (Phi) is 7.07. The number of hydrogen-bond acceptors (Lipinski definition) is 9.